The van der Waals surface area contributed by atoms with Gasteiger partial charge < -0.3 is 4.74 Å². The Bertz CT molecular complexity index is 387. The molecular weight excluding hydrogens is 240 g/mol. The van der Waals surface area contributed by atoms with Gasteiger partial charge in [0.15, 0.2) is 0 Å². The third kappa shape index (κ3) is 4.44. The summed E-state index contributed by atoms with van der Waals surface area (Å²) in [4.78, 5) is 15.3. The molecule has 0 saturated heterocycles. The van der Waals surface area contributed by atoms with Crippen LogP contribution in [0.25, 0.3) is 10.4 Å². The monoisotopic (exact) mass is 254 g/mol. The van der Waals surface area contributed by atoms with Crippen molar-refractivity contribution in [2.75, 3.05) is 19.7 Å². The molecule has 0 saturated carbocycles. The zero-order valence-corrected chi connectivity index (χ0v) is 10.3. The lowest BCUT2D eigenvalue weighted by molar-refractivity contribution is -0.145. The van der Waals surface area contributed by atoms with Gasteiger partial charge in [-0.05, 0) is 23.9 Å². The summed E-state index contributed by atoms with van der Waals surface area (Å²) in [6, 6.07) is 3.26. The number of thiophene rings is 1. The van der Waals surface area contributed by atoms with E-state index in [-0.39, 0.29) is 5.97 Å². The number of nitrogens with one attached hydrogen (secondary N) is 1. The fourth-order valence-electron chi connectivity index (χ4n) is 1.28. The van der Waals surface area contributed by atoms with Gasteiger partial charge in [-0.15, -0.1) is 11.3 Å². The Kier molecular flexibility index (Phi) is 6.09. The molecule has 0 aromatic carbocycles. The predicted octanol–water partition coefficient (Wildman–Crippen LogP) is 2.25. The second-order valence-electron chi connectivity index (χ2n) is 3.11. The van der Waals surface area contributed by atoms with E-state index in [1.807, 2.05) is 17.5 Å². The van der Waals surface area contributed by atoms with Gasteiger partial charge in [0, 0.05) is 22.9 Å². The van der Waals surface area contributed by atoms with Crippen LogP contribution in [0, 0.1) is 0 Å². The molecule has 0 bridgehead atoms. The van der Waals surface area contributed by atoms with Gasteiger partial charge in [0.05, 0.1) is 6.61 Å². The Hall–Kier alpha value is -1.56. The molecular formula is C10H14N4O2S. The molecule has 1 N–H and O–H groups in total. The lowest BCUT2D eigenvalue weighted by Crippen LogP contribution is -2.31. The first-order chi connectivity index (χ1) is 8.29. The Labute approximate surface area is 103 Å². The van der Waals surface area contributed by atoms with Gasteiger partial charge >= 0.3 is 5.97 Å². The molecule has 1 rings (SSSR count). The van der Waals surface area contributed by atoms with E-state index in [4.69, 9.17) is 10.3 Å². The van der Waals surface area contributed by atoms with Crippen LogP contribution < -0.4 is 5.32 Å². The zero-order valence-electron chi connectivity index (χ0n) is 9.50. The molecule has 1 heterocycles. The van der Waals surface area contributed by atoms with Crippen molar-refractivity contribution in [3.8, 4) is 0 Å². The van der Waals surface area contributed by atoms with Gasteiger partial charge in [0.1, 0.15) is 6.04 Å². The second kappa shape index (κ2) is 7.67. The zero-order chi connectivity index (χ0) is 12.5. The van der Waals surface area contributed by atoms with E-state index in [0.717, 1.165) is 4.88 Å². The lowest BCUT2D eigenvalue weighted by atomic mass is 10.2. The molecule has 0 aliphatic carbocycles. The summed E-state index contributed by atoms with van der Waals surface area (Å²) >= 11 is 1.48. The summed E-state index contributed by atoms with van der Waals surface area (Å²) in [6.07, 6.45) is 0. The topological polar surface area (TPSA) is 87.1 Å². The van der Waals surface area contributed by atoms with Gasteiger partial charge in [-0.25, -0.2) is 4.79 Å². The van der Waals surface area contributed by atoms with Crippen LogP contribution in [0.1, 0.15) is 17.8 Å². The van der Waals surface area contributed by atoms with Crippen molar-refractivity contribution in [2.45, 2.75) is 13.0 Å². The van der Waals surface area contributed by atoms with Crippen LogP contribution in [0.5, 0.6) is 0 Å². The Morgan fingerprint density at radius 1 is 1.76 bits per heavy atom. The van der Waals surface area contributed by atoms with E-state index in [9.17, 15) is 4.79 Å². The smallest absolute Gasteiger partial charge is 0.328 e. The number of esters is 1. The highest BCUT2D eigenvalue weighted by molar-refractivity contribution is 7.10. The molecule has 0 radical (unpaired) electrons. The minimum atomic E-state index is -0.483. The molecule has 1 aromatic rings. The third-order valence-corrected chi connectivity index (χ3v) is 2.91. The number of rotatable bonds is 7. The molecule has 0 aliphatic rings. The molecule has 1 atom stereocenters. The van der Waals surface area contributed by atoms with E-state index in [1.165, 1.54) is 11.3 Å². The highest BCUT2D eigenvalue weighted by Crippen LogP contribution is 2.20. The van der Waals surface area contributed by atoms with Crippen LogP contribution in [-0.2, 0) is 9.53 Å². The van der Waals surface area contributed by atoms with Gasteiger partial charge in [0.2, 0.25) is 0 Å². The van der Waals surface area contributed by atoms with Gasteiger partial charge in [-0.3, -0.25) is 5.32 Å². The Morgan fingerprint density at radius 3 is 3.18 bits per heavy atom. The first-order valence-electron chi connectivity index (χ1n) is 5.24. The standard InChI is InChI=1S/C10H14N4O2S/c1-2-16-10(15)9(8-4-3-7-17-8)12-5-6-13-14-11/h3-4,7,9,12H,2,5-6H2,1H3. The van der Waals surface area contributed by atoms with Crippen molar-refractivity contribution in [3.05, 3.63) is 32.8 Å². The molecule has 1 aromatic heterocycles. The molecule has 6 nitrogen and oxygen atoms in total. The number of nitrogens with zero attached hydrogens (tertiary/aromatic N) is 3. The van der Waals surface area contributed by atoms with Crippen LogP contribution in [0.3, 0.4) is 0 Å². The fourth-order valence-corrected chi connectivity index (χ4v) is 2.07. The average Bonchev–Trinajstić information content (AvgIpc) is 2.83. The van der Waals surface area contributed by atoms with Crippen LogP contribution in [0.4, 0.5) is 0 Å². The number of hydrogen-bond donors (Lipinski definition) is 1. The molecule has 0 aliphatic heterocycles. The van der Waals surface area contributed by atoms with Gasteiger partial charge in [-0.2, -0.15) is 0 Å². The molecule has 17 heavy (non-hydrogen) atoms. The van der Waals surface area contributed by atoms with Crippen molar-refractivity contribution in [2.24, 2.45) is 5.11 Å². The quantitative estimate of drug-likeness (QED) is 0.266. The minimum Gasteiger partial charge on any atom is -0.465 e. The van der Waals surface area contributed by atoms with Crippen molar-refractivity contribution in [1.29, 1.82) is 0 Å². The van der Waals surface area contributed by atoms with Crippen LogP contribution in [0.15, 0.2) is 22.6 Å². The van der Waals surface area contributed by atoms with Gasteiger partial charge in [-0.1, -0.05) is 11.2 Å². The normalized spacial score (nSPS) is 11.6. The molecule has 0 spiro atoms. The first kappa shape index (κ1) is 13.5. The predicted molar refractivity (Wildman–Crippen MR) is 65.7 cm³/mol. The second-order valence-corrected chi connectivity index (χ2v) is 4.09. The van der Waals surface area contributed by atoms with E-state index >= 15 is 0 Å². The Morgan fingerprint density at radius 2 is 2.59 bits per heavy atom. The average molecular weight is 254 g/mol. The molecule has 1 unspecified atom stereocenters. The van der Waals surface area contributed by atoms with E-state index < -0.39 is 6.04 Å². The van der Waals surface area contributed by atoms with Crippen molar-refractivity contribution in [1.82, 2.24) is 5.32 Å². The molecule has 7 heteroatoms. The van der Waals surface area contributed by atoms with Crippen molar-refractivity contribution >= 4 is 17.3 Å². The maximum Gasteiger partial charge on any atom is 0.328 e. The Balaban J connectivity index is 2.59. The third-order valence-electron chi connectivity index (χ3n) is 1.97. The van der Waals surface area contributed by atoms with Crippen LogP contribution >= 0.6 is 11.3 Å². The highest BCUT2D eigenvalue weighted by Gasteiger charge is 2.21. The molecule has 0 fully saturated rings. The number of carbonyl (C=O) groups is 1. The number of carbonyl (C=O) groups excluding carboxylic acids is 1. The van der Waals surface area contributed by atoms with E-state index in [1.54, 1.807) is 6.92 Å². The number of azide groups is 1. The summed E-state index contributed by atoms with van der Waals surface area (Å²) in [5, 5.41) is 8.31. The van der Waals surface area contributed by atoms with Crippen LogP contribution in [0.2, 0.25) is 0 Å². The fraction of sp³-hybridized carbons (Fsp3) is 0.500. The largest absolute Gasteiger partial charge is 0.465 e. The molecule has 92 valence electrons. The first-order valence-corrected chi connectivity index (χ1v) is 6.11. The maximum absolute atomic E-state index is 11.7. The summed E-state index contributed by atoms with van der Waals surface area (Å²) < 4.78 is 4.99. The van der Waals surface area contributed by atoms with E-state index in [0.29, 0.717) is 19.7 Å². The SMILES string of the molecule is CCOC(=O)C(NCCN=[N+]=[N-])c1cccs1. The molecule has 0 amide bonds. The highest BCUT2D eigenvalue weighted by atomic mass is 32.1. The summed E-state index contributed by atoms with van der Waals surface area (Å²) in [6.45, 7) is 2.85. The summed E-state index contributed by atoms with van der Waals surface area (Å²) in [5.74, 6) is -0.309. The summed E-state index contributed by atoms with van der Waals surface area (Å²) in [5.41, 5.74) is 8.15. The number of ether oxygens (including phenoxy) is 1. The van der Waals surface area contributed by atoms with E-state index in [2.05, 4.69) is 15.3 Å². The lowest BCUT2D eigenvalue weighted by Gasteiger charge is -2.15. The van der Waals surface area contributed by atoms with Gasteiger partial charge in [0.25, 0.3) is 0 Å². The van der Waals surface area contributed by atoms with Crippen molar-refractivity contribution < 1.29 is 9.53 Å². The minimum absolute atomic E-state index is 0.303. The maximum atomic E-state index is 11.7. The summed E-state index contributed by atoms with van der Waals surface area (Å²) in [7, 11) is 0. The van der Waals surface area contributed by atoms with Crippen molar-refractivity contribution in [3.63, 3.8) is 0 Å². The van der Waals surface area contributed by atoms with Crippen LogP contribution in [-0.4, -0.2) is 25.7 Å². The number of hydrogen-bond acceptors (Lipinski definition) is 5.